The first-order valence-electron chi connectivity index (χ1n) is 8.19. The summed E-state index contributed by atoms with van der Waals surface area (Å²) in [5.41, 5.74) is 0.476. The van der Waals surface area contributed by atoms with Crippen LogP contribution in [0.5, 0.6) is 0 Å². The van der Waals surface area contributed by atoms with E-state index in [1.807, 2.05) is 0 Å². The number of aromatic nitrogens is 1. The smallest absolute Gasteiger partial charge is 0.338 e. The summed E-state index contributed by atoms with van der Waals surface area (Å²) in [5, 5.41) is 19.0. The summed E-state index contributed by atoms with van der Waals surface area (Å²) in [4.78, 5) is 37.4. The van der Waals surface area contributed by atoms with Crippen molar-refractivity contribution in [2.24, 2.45) is 0 Å². The van der Waals surface area contributed by atoms with Crippen LogP contribution in [0.2, 0.25) is 0 Å². The molecule has 0 bridgehead atoms. The zero-order valence-corrected chi connectivity index (χ0v) is 16.7. The highest BCUT2D eigenvalue weighted by molar-refractivity contribution is 7.80. The number of nitrogens with one attached hydrogen (secondary N) is 1. The molecule has 3 heterocycles. The van der Waals surface area contributed by atoms with Crippen molar-refractivity contribution in [3.05, 3.63) is 61.7 Å². The van der Waals surface area contributed by atoms with E-state index in [9.17, 15) is 19.7 Å². The van der Waals surface area contributed by atoms with Crippen molar-refractivity contribution in [1.29, 1.82) is 0 Å². The molecule has 11 heteroatoms. The summed E-state index contributed by atoms with van der Waals surface area (Å²) in [5.74, 6) is -1.11. The molecule has 1 saturated heterocycles. The lowest BCUT2D eigenvalue weighted by Crippen LogP contribution is -2.53. The molecule has 0 unspecified atom stereocenters. The fourth-order valence-electron chi connectivity index (χ4n) is 2.60. The number of rotatable bonds is 6. The van der Waals surface area contributed by atoms with Gasteiger partial charge in [0.25, 0.3) is 11.8 Å². The van der Waals surface area contributed by atoms with Crippen molar-refractivity contribution >= 4 is 64.4 Å². The Morgan fingerprint density at radius 3 is 2.90 bits per heavy atom. The first-order chi connectivity index (χ1) is 13.8. The predicted molar refractivity (Wildman–Crippen MR) is 112 cm³/mol. The van der Waals surface area contributed by atoms with Gasteiger partial charge in [-0.05, 0) is 54.4 Å². The van der Waals surface area contributed by atoms with E-state index < -0.39 is 16.7 Å². The molecular weight excluding hydrogens is 416 g/mol. The van der Waals surface area contributed by atoms with Crippen LogP contribution in [0.3, 0.4) is 0 Å². The molecule has 0 saturated carbocycles. The van der Waals surface area contributed by atoms with Crippen molar-refractivity contribution in [2.45, 2.75) is 6.92 Å². The monoisotopic (exact) mass is 430 g/mol. The fourth-order valence-corrected chi connectivity index (χ4v) is 3.62. The lowest BCUT2D eigenvalue weighted by Gasteiger charge is -2.27. The Morgan fingerprint density at radius 2 is 2.21 bits per heavy atom. The van der Waals surface area contributed by atoms with Gasteiger partial charge in [-0.2, -0.15) is 0 Å². The van der Waals surface area contributed by atoms with Crippen molar-refractivity contribution in [1.82, 2.24) is 15.4 Å². The lowest BCUT2D eigenvalue weighted by atomic mass is 10.1. The van der Waals surface area contributed by atoms with Gasteiger partial charge in [0.2, 0.25) is 5.76 Å². The molecule has 1 N–H and O–H groups in total. The molecule has 0 atom stereocenters. The van der Waals surface area contributed by atoms with Crippen LogP contribution in [0.25, 0.3) is 18.2 Å². The minimum Gasteiger partial charge on any atom is -0.349 e. The number of thiocarbonyl (C=S) groups is 1. The predicted octanol–water partition coefficient (Wildman–Crippen LogP) is 2.94. The minimum absolute atomic E-state index is 0.00787. The third-order valence-electron chi connectivity index (χ3n) is 3.95. The average molecular weight is 430 g/mol. The highest BCUT2D eigenvalue weighted by Gasteiger charge is 2.32. The third-order valence-corrected chi connectivity index (χ3v) is 5.17. The molecule has 9 nitrogen and oxygen atoms in total. The van der Waals surface area contributed by atoms with Gasteiger partial charge in [-0.1, -0.05) is 11.2 Å². The number of nitro groups is 1. The molecular formula is C18H14N4O5S2. The Kier molecular flexibility index (Phi) is 5.80. The second-order valence-corrected chi connectivity index (χ2v) is 7.17. The molecule has 0 spiro atoms. The Labute approximate surface area is 174 Å². The van der Waals surface area contributed by atoms with Crippen LogP contribution in [-0.4, -0.2) is 38.5 Å². The minimum atomic E-state index is -0.595. The molecule has 0 aromatic carbocycles. The van der Waals surface area contributed by atoms with E-state index in [0.717, 1.165) is 0 Å². The summed E-state index contributed by atoms with van der Waals surface area (Å²) in [7, 11) is 0. The second-order valence-electron chi connectivity index (χ2n) is 5.83. The Bertz CT molecular complexity index is 1100. The number of aryl methyl sites for hydroxylation is 1. The van der Waals surface area contributed by atoms with Gasteiger partial charge in [-0.15, -0.1) is 17.9 Å². The maximum Gasteiger partial charge on any atom is 0.338 e. The third kappa shape index (κ3) is 4.05. The average Bonchev–Trinajstić information content (AvgIpc) is 3.26. The van der Waals surface area contributed by atoms with Gasteiger partial charge in [-0.3, -0.25) is 29.9 Å². The van der Waals surface area contributed by atoms with Crippen LogP contribution in [0.1, 0.15) is 21.9 Å². The van der Waals surface area contributed by atoms with Crippen molar-refractivity contribution in [3.8, 4) is 0 Å². The normalized spacial score (nSPS) is 16.0. The van der Waals surface area contributed by atoms with Gasteiger partial charge in [0.05, 0.1) is 4.92 Å². The van der Waals surface area contributed by atoms with E-state index in [4.69, 9.17) is 16.7 Å². The van der Waals surface area contributed by atoms with Crippen molar-refractivity contribution in [3.63, 3.8) is 0 Å². The topological polar surface area (TPSA) is 119 Å². The Morgan fingerprint density at radius 1 is 1.45 bits per heavy atom. The number of hydrogen-bond donors (Lipinski definition) is 1. The van der Waals surface area contributed by atoms with Crippen LogP contribution in [0.4, 0.5) is 5.69 Å². The molecule has 0 aliphatic carbocycles. The molecule has 148 valence electrons. The highest BCUT2D eigenvalue weighted by atomic mass is 32.1. The van der Waals surface area contributed by atoms with Gasteiger partial charge < -0.3 is 4.52 Å². The van der Waals surface area contributed by atoms with Crippen molar-refractivity contribution in [2.75, 3.05) is 6.54 Å². The highest BCUT2D eigenvalue weighted by Crippen LogP contribution is 2.27. The molecule has 1 fully saturated rings. The molecule has 2 aromatic rings. The number of thiophene rings is 1. The summed E-state index contributed by atoms with van der Waals surface area (Å²) in [6, 6.07) is 1.72. The van der Waals surface area contributed by atoms with Gasteiger partial charge >= 0.3 is 5.69 Å². The van der Waals surface area contributed by atoms with Gasteiger partial charge in [-0.25, -0.2) is 0 Å². The molecule has 1 aliphatic heterocycles. The molecule has 2 aromatic heterocycles. The van der Waals surface area contributed by atoms with Crippen LogP contribution in [-0.2, 0) is 9.59 Å². The van der Waals surface area contributed by atoms with E-state index >= 15 is 0 Å². The Hall–Kier alpha value is -3.44. The van der Waals surface area contributed by atoms with Crippen LogP contribution < -0.4 is 5.32 Å². The number of amides is 2. The summed E-state index contributed by atoms with van der Waals surface area (Å²) >= 11 is 6.35. The number of carbonyl (C=O) groups is 2. The first-order valence-corrected chi connectivity index (χ1v) is 9.48. The Balaban J connectivity index is 1.93. The molecule has 29 heavy (non-hydrogen) atoms. The zero-order valence-electron chi connectivity index (χ0n) is 15.1. The molecule has 3 rings (SSSR count). The number of carbonyl (C=O) groups excluding carboxylic acids is 2. The second kappa shape index (κ2) is 8.29. The zero-order chi connectivity index (χ0) is 21.1. The van der Waals surface area contributed by atoms with Crippen LogP contribution >= 0.6 is 23.6 Å². The van der Waals surface area contributed by atoms with E-state index in [0.29, 0.717) is 10.4 Å². The van der Waals surface area contributed by atoms with Gasteiger partial charge in [0.1, 0.15) is 5.57 Å². The maximum atomic E-state index is 12.6. The number of nitrogens with zero attached hydrogens (tertiary/aromatic N) is 3. The summed E-state index contributed by atoms with van der Waals surface area (Å²) in [6.45, 7) is 5.22. The van der Waals surface area contributed by atoms with Crippen molar-refractivity contribution < 1.29 is 19.0 Å². The summed E-state index contributed by atoms with van der Waals surface area (Å²) < 4.78 is 4.99. The summed E-state index contributed by atoms with van der Waals surface area (Å²) in [6.07, 6.45) is 5.98. The van der Waals surface area contributed by atoms with E-state index in [2.05, 4.69) is 17.1 Å². The van der Waals surface area contributed by atoms with E-state index in [-0.39, 0.29) is 34.4 Å². The maximum absolute atomic E-state index is 12.6. The van der Waals surface area contributed by atoms with E-state index in [1.54, 1.807) is 17.5 Å². The fraction of sp³-hybridized carbons (Fsp3) is 0.111. The largest absolute Gasteiger partial charge is 0.349 e. The van der Waals surface area contributed by atoms with Crippen LogP contribution in [0.15, 0.2) is 34.2 Å². The number of hydrogen-bond acceptors (Lipinski definition) is 8. The molecule has 2 amide bonds. The first kappa shape index (κ1) is 20.3. The molecule has 0 radical (unpaired) electrons. The SMILES string of the molecule is C=CCN1C(=O)/C(=C/c2ccsc2/C=C/c2onc(C)c2[N+](=O)[O-])C(=O)NC1=S. The van der Waals surface area contributed by atoms with E-state index in [1.165, 1.54) is 41.4 Å². The lowest BCUT2D eigenvalue weighted by molar-refractivity contribution is -0.386. The van der Waals surface area contributed by atoms with Gasteiger partial charge in [0.15, 0.2) is 10.8 Å². The quantitative estimate of drug-likeness (QED) is 0.187. The standard InChI is InChI=1S/C18H14N4O5S2/c1-3-7-21-17(24)12(16(23)19-18(21)28)9-11-6-8-29-14(11)5-4-13-15(22(25)26)10(2)20-27-13/h3-6,8-9H,1,7H2,2H3,(H,19,23,28)/b5-4+,12-9+. The van der Waals surface area contributed by atoms with Gasteiger partial charge in [0, 0.05) is 11.4 Å². The van der Waals surface area contributed by atoms with Crippen LogP contribution in [0, 0.1) is 17.0 Å². The molecule has 1 aliphatic rings.